The third-order valence-electron chi connectivity index (χ3n) is 1.73. The third kappa shape index (κ3) is 1.79. The van der Waals surface area contributed by atoms with Crippen LogP contribution in [-0.2, 0) is 0 Å². The van der Waals surface area contributed by atoms with E-state index in [1.54, 1.807) is 6.92 Å². The van der Waals surface area contributed by atoms with Gasteiger partial charge in [-0.05, 0) is 19.1 Å². The first-order valence-electron chi connectivity index (χ1n) is 4.10. The molecular formula is C10H9FO3. The van der Waals surface area contributed by atoms with Gasteiger partial charge in [0.15, 0.2) is 12.6 Å². The SMILES string of the molecule is CCOc1ccc(F)c(C=O)c1C=O. The minimum absolute atomic E-state index is 0.0400. The maximum Gasteiger partial charge on any atom is 0.154 e. The lowest BCUT2D eigenvalue weighted by molar-refractivity contribution is 0.108. The predicted molar refractivity (Wildman–Crippen MR) is 48.3 cm³/mol. The molecule has 0 fully saturated rings. The van der Waals surface area contributed by atoms with E-state index in [9.17, 15) is 14.0 Å². The van der Waals surface area contributed by atoms with E-state index >= 15 is 0 Å². The first kappa shape index (κ1) is 10.4. The molecule has 0 N–H and O–H groups in total. The largest absolute Gasteiger partial charge is 0.493 e. The Morgan fingerprint density at radius 3 is 2.43 bits per heavy atom. The van der Waals surface area contributed by atoms with Crippen LogP contribution in [0.25, 0.3) is 0 Å². The van der Waals surface area contributed by atoms with Crippen LogP contribution in [0.4, 0.5) is 4.39 Å². The average molecular weight is 196 g/mol. The van der Waals surface area contributed by atoms with Gasteiger partial charge < -0.3 is 4.74 Å². The van der Waals surface area contributed by atoms with Crippen molar-refractivity contribution in [1.29, 1.82) is 0 Å². The number of benzene rings is 1. The lowest BCUT2D eigenvalue weighted by atomic mass is 10.1. The Morgan fingerprint density at radius 1 is 1.29 bits per heavy atom. The lowest BCUT2D eigenvalue weighted by Crippen LogP contribution is -2.01. The lowest BCUT2D eigenvalue weighted by Gasteiger charge is -2.07. The van der Waals surface area contributed by atoms with Gasteiger partial charge in [-0.3, -0.25) is 9.59 Å². The van der Waals surface area contributed by atoms with Crippen LogP contribution in [0.2, 0.25) is 0 Å². The smallest absolute Gasteiger partial charge is 0.154 e. The number of aldehydes is 2. The van der Waals surface area contributed by atoms with E-state index in [2.05, 4.69) is 0 Å². The number of rotatable bonds is 4. The summed E-state index contributed by atoms with van der Waals surface area (Å²) in [5.41, 5.74) is -0.298. The Hall–Kier alpha value is -1.71. The number of carbonyl (C=O) groups excluding carboxylic acids is 2. The van der Waals surface area contributed by atoms with Gasteiger partial charge in [0.25, 0.3) is 0 Å². The zero-order valence-corrected chi connectivity index (χ0v) is 7.62. The van der Waals surface area contributed by atoms with Gasteiger partial charge in [-0.15, -0.1) is 0 Å². The van der Waals surface area contributed by atoms with Crippen molar-refractivity contribution in [3.63, 3.8) is 0 Å². The van der Waals surface area contributed by atoms with Gasteiger partial charge in [0, 0.05) is 0 Å². The highest BCUT2D eigenvalue weighted by atomic mass is 19.1. The van der Waals surface area contributed by atoms with Gasteiger partial charge in [0.2, 0.25) is 0 Å². The average Bonchev–Trinajstić information content (AvgIpc) is 2.20. The van der Waals surface area contributed by atoms with E-state index in [1.807, 2.05) is 0 Å². The summed E-state index contributed by atoms with van der Waals surface area (Å²) in [5.74, 6) is -0.489. The van der Waals surface area contributed by atoms with Crippen molar-refractivity contribution in [2.45, 2.75) is 6.92 Å². The van der Waals surface area contributed by atoms with Crippen molar-refractivity contribution in [3.05, 3.63) is 29.1 Å². The van der Waals surface area contributed by atoms with Crippen LogP contribution in [0, 0.1) is 5.82 Å². The maximum atomic E-state index is 13.0. The Bertz CT molecular complexity index is 361. The molecule has 0 heterocycles. The zero-order valence-electron chi connectivity index (χ0n) is 7.62. The summed E-state index contributed by atoms with van der Waals surface area (Å²) in [6.07, 6.45) is 0.722. The summed E-state index contributed by atoms with van der Waals surface area (Å²) in [6.45, 7) is 2.09. The molecule has 0 saturated heterocycles. The van der Waals surface area contributed by atoms with E-state index in [0.717, 1.165) is 6.07 Å². The molecule has 0 aliphatic carbocycles. The van der Waals surface area contributed by atoms with Crippen molar-refractivity contribution >= 4 is 12.6 Å². The van der Waals surface area contributed by atoms with Crippen molar-refractivity contribution in [3.8, 4) is 5.75 Å². The van der Waals surface area contributed by atoms with E-state index in [4.69, 9.17) is 4.74 Å². The molecule has 0 atom stereocenters. The number of ether oxygens (including phenoxy) is 1. The maximum absolute atomic E-state index is 13.0. The van der Waals surface area contributed by atoms with Gasteiger partial charge in [0.05, 0.1) is 17.7 Å². The quantitative estimate of drug-likeness (QED) is 0.690. The molecule has 0 radical (unpaired) electrons. The minimum Gasteiger partial charge on any atom is -0.493 e. The fraction of sp³-hybridized carbons (Fsp3) is 0.200. The zero-order chi connectivity index (χ0) is 10.6. The second-order valence-electron chi connectivity index (χ2n) is 2.54. The molecule has 0 aliphatic rings. The Kier molecular flexibility index (Phi) is 3.34. The molecule has 0 aromatic heterocycles. The van der Waals surface area contributed by atoms with E-state index in [0.29, 0.717) is 19.2 Å². The summed E-state index contributed by atoms with van der Waals surface area (Å²) in [4.78, 5) is 21.1. The molecule has 0 aliphatic heterocycles. The summed E-state index contributed by atoms with van der Waals surface area (Å²) >= 11 is 0. The molecule has 4 heteroatoms. The minimum atomic E-state index is -0.717. The molecule has 1 aromatic rings. The van der Waals surface area contributed by atoms with Gasteiger partial charge >= 0.3 is 0 Å². The number of carbonyl (C=O) groups is 2. The van der Waals surface area contributed by atoms with Crippen LogP contribution in [0.3, 0.4) is 0 Å². The summed E-state index contributed by atoms with van der Waals surface area (Å²) < 4.78 is 18.1. The Morgan fingerprint density at radius 2 is 1.93 bits per heavy atom. The normalized spacial score (nSPS) is 9.57. The van der Waals surface area contributed by atoms with Gasteiger partial charge in [-0.2, -0.15) is 0 Å². The van der Waals surface area contributed by atoms with Crippen molar-refractivity contribution in [1.82, 2.24) is 0 Å². The summed E-state index contributed by atoms with van der Waals surface area (Å²) in [5, 5.41) is 0. The molecule has 0 saturated carbocycles. The van der Waals surface area contributed by atoms with Gasteiger partial charge in [-0.25, -0.2) is 4.39 Å². The molecule has 0 unspecified atom stereocenters. The van der Waals surface area contributed by atoms with Crippen LogP contribution in [0.5, 0.6) is 5.75 Å². The molecule has 1 aromatic carbocycles. The molecule has 3 nitrogen and oxygen atoms in total. The van der Waals surface area contributed by atoms with Gasteiger partial charge in [0.1, 0.15) is 11.6 Å². The van der Waals surface area contributed by atoms with Crippen LogP contribution in [0.15, 0.2) is 12.1 Å². The molecule has 14 heavy (non-hydrogen) atoms. The fourth-order valence-corrected chi connectivity index (χ4v) is 1.11. The van der Waals surface area contributed by atoms with Crippen LogP contribution in [0.1, 0.15) is 27.6 Å². The number of halogens is 1. The number of hydrogen-bond donors (Lipinski definition) is 0. The number of hydrogen-bond acceptors (Lipinski definition) is 3. The summed E-state index contributed by atoms with van der Waals surface area (Å²) in [7, 11) is 0. The summed E-state index contributed by atoms with van der Waals surface area (Å²) in [6, 6.07) is 2.43. The van der Waals surface area contributed by atoms with Crippen molar-refractivity contribution < 1.29 is 18.7 Å². The molecule has 74 valence electrons. The molecule has 1 rings (SSSR count). The van der Waals surface area contributed by atoms with Crippen molar-refractivity contribution in [2.75, 3.05) is 6.61 Å². The predicted octanol–water partition coefficient (Wildman–Crippen LogP) is 1.85. The first-order chi connectivity index (χ1) is 6.74. The highest BCUT2D eigenvalue weighted by Gasteiger charge is 2.12. The first-order valence-corrected chi connectivity index (χ1v) is 4.10. The fourth-order valence-electron chi connectivity index (χ4n) is 1.11. The standard InChI is InChI=1S/C10H9FO3/c1-2-14-10-4-3-9(11)7(5-12)8(10)6-13/h3-6H,2H2,1H3. The Labute approximate surface area is 80.5 Å². The molecule has 0 spiro atoms. The highest BCUT2D eigenvalue weighted by Crippen LogP contribution is 2.22. The van der Waals surface area contributed by atoms with Crippen LogP contribution >= 0.6 is 0 Å². The second-order valence-corrected chi connectivity index (χ2v) is 2.54. The molecule has 0 amide bonds. The topological polar surface area (TPSA) is 43.4 Å². The molecular weight excluding hydrogens is 187 g/mol. The van der Waals surface area contributed by atoms with Crippen molar-refractivity contribution in [2.24, 2.45) is 0 Å². The van der Waals surface area contributed by atoms with Crippen LogP contribution in [-0.4, -0.2) is 19.2 Å². The third-order valence-corrected chi connectivity index (χ3v) is 1.73. The van der Waals surface area contributed by atoms with Crippen LogP contribution < -0.4 is 4.74 Å². The molecule has 0 bridgehead atoms. The second kappa shape index (κ2) is 4.50. The Balaban J connectivity index is 3.32. The van der Waals surface area contributed by atoms with Gasteiger partial charge in [-0.1, -0.05) is 0 Å². The van der Waals surface area contributed by atoms with E-state index in [-0.39, 0.29) is 16.9 Å². The monoisotopic (exact) mass is 196 g/mol. The van der Waals surface area contributed by atoms with E-state index < -0.39 is 5.82 Å². The highest BCUT2D eigenvalue weighted by molar-refractivity contribution is 5.93. The van der Waals surface area contributed by atoms with E-state index in [1.165, 1.54) is 6.07 Å².